The highest BCUT2D eigenvalue weighted by Crippen LogP contribution is 1.96. The maximum Gasteiger partial charge on any atom is 0.144 e. The second-order valence-electron chi connectivity index (χ2n) is 2.69. The molecule has 0 rings (SSSR count). The van der Waals surface area contributed by atoms with Crippen LogP contribution in [0, 0.1) is 0 Å². The maximum absolute atomic E-state index is 5.20. The molecule has 70 valence electrons. The van der Waals surface area contributed by atoms with E-state index in [1.54, 1.807) is 0 Å². The van der Waals surface area contributed by atoms with Crippen molar-refractivity contribution in [1.29, 1.82) is 0 Å². The monoisotopic (exact) mass is 171 g/mol. The van der Waals surface area contributed by atoms with Crippen molar-refractivity contribution in [1.82, 2.24) is 4.90 Å². The Hall–Kier alpha value is -0.960. The van der Waals surface area contributed by atoms with Crippen molar-refractivity contribution >= 4 is 0 Å². The molecule has 3 heteroatoms. The lowest BCUT2D eigenvalue weighted by molar-refractivity contribution is 0.0509. The lowest BCUT2D eigenvalue weighted by Gasteiger charge is -2.19. The third kappa shape index (κ3) is 5.80. The van der Waals surface area contributed by atoms with E-state index in [2.05, 4.69) is 13.2 Å². The van der Waals surface area contributed by atoms with Gasteiger partial charge in [0, 0.05) is 6.54 Å². The molecule has 0 aromatic carbocycles. The predicted molar refractivity (Wildman–Crippen MR) is 49.8 cm³/mol. The molecule has 1 atom stereocenters. The zero-order valence-corrected chi connectivity index (χ0v) is 7.82. The fourth-order valence-corrected chi connectivity index (χ4v) is 0.854. The Bertz CT molecular complexity index is 134. The third-order valence-electron chi connectivity index (χ3n) is 1.26. The number of likely N-dealkylation sites (N-methyl/N-ethyl adjacent to an activating group) is 1. The van der Waals surface area contributed by atoms with Crippen LogP contribution in [-0.2, 0) is 9.47 Å². The van der Waals surface area contributed by atoms with Gasteiger partial charge in [0.05, 0.1) is 12.5 Å². The first kappa shape index (κ1) is 11.0. The number of hydrogen-bond donors (Lipinski definition) is 0. The van der Waals surface area contributed by atoms with Crippen LogP contribution in [0.25, 0.3) is 0 Å². The molecule has 0 amide bonds. The first-order chi connectivity index (χ1) is 5.70. The molecule has 0 N–H and O–H groups in total. The van der Waals surface area contributed by atoms with E-state index >= 15 is 0 Å². The highest BCUT2D eigenvalue weighted by Gasteiger charge is 2.08. The fourth-order valence-electron chi connectivity index (χ4n) is 0.854. The van der Waals surface area contributed by atoms with Gasteiger partial charge in [0.1, 0.15) is 12.7 Å². The molecule has 3 nitrogen and oxygen atoms in total. The predicted octanol–water partition coefficient (Wildman–Crippen LogP) is 1.24. The second-order valence-corrected chi connectivity index (χ2v) is 2.69. The van der Waals surface area contributed by atoms with E-state index in [1.807, 2.05) is 19.0 Å². The second kappa shape index (κ2) is 6.73. The summed E-state index contributed by atoms with van der Waals surface area (Å²) in [5.41, 5.74) is 0. The zero-order valence-electron chi connectivity index (χ0n) is 7.82. The number of ether oxygens (including phenoxy) is 2. The van der Waals surface area contributed by atoms with E-state index in [1.165, 1.54) is 12.5 Å². The van der Waals surface area contributed by atoms with Gasteiger partial charge >= 0.3 is 0 Å². The molecule has 12 heavy (non-hydrogen) atoms. The standard InChI is InChI=1S/C9H17NO2/c1-5-11-8-9(12-6-2)7-10(3)4/h5-6,9H,1-2,7-8H2,3-4H3. The van der Waals surface area contributed by atoms with Crippen molar-refractivity contribution in [2.24, 2.45) is 0 Å². The van der Waals surface area contributed by atoms with Gasteiger partial charge in [-0.15, -0.1) is 0 Å². The van der Waals surface area contributed by atoms with Crippen LogP contribution in [0.1, 0.15) is 0 Å². The highest BCUT2D eigenvalue weighted by molar-refractivity contribution is 4.66. The van der Waals surface area contributed by atoms with Crippen LogP contribution in [-0.4, -0.2) is 38.3 Å². The van der Waals surface area contributed by atoms with Crippen molar-refractivity contribution in [3.8, 4) is 0 Å². The average molecular weight is 171 g/mol. The summed E-state index contributed by atoms with van der Waals surface area (Å²) in [6.07, 6.45) is 2.87. The van der Waals surface area contributed by atoms with E-state index in [0.29, 0.717) is 6.61 Å². The van der Waals surface area contributed by atoms with Crippen molar-refractivity contribution in [2.75, 3.05) is 27.2 Å². The molecule has 0 aliphatic carbocycles. The third-order valence-corrected chi connectivity index (χ3v) is 1.26. The van der Waals surface area contributed by atoms with Crippen LogP contribution in [0.3, 0.4) is 0 Å². The van der Waals surface area contributed by atoms with E-state index in [0.717, 1.165) is 6.54 Å². The lowest BCUT2D eigenvalue weighted by atomic mass is 10.3. The summed E-state index contributed by atoms with van der Waals surface area (Å²) in [5, 5.41) is 0. The lowest BCUT2D eigenvalue weighted by Crippen LogP contribution is -2.30. The zero-order chi connectivity index (χ0) is 9.40. The Kier molecular flexibility index (Phi) is 6.19. The van der Waals surface area contributed by atoms with Gasteiger partial charge in [-0.3, -0.25) is 0 Å². The molecule has 0 spiro atoms. The van der Waals surface area contributed by atoms with Crippen LogP contribution in [0.2, 0.25) is 0 Å². The minimum atomic E-state index is 0.0236. The number of hydrogen-bond acceptors (Lipinski definition) is 3. The summed E-state index contributed by atoms with van der Waals surface area (Å²) in [5.74, 6) is 0. The minimum Gasteiger partial charge on any atom is -0.498 e. The Balaban J connectivity index is 3.68. The molecule has 0 heterocycles. The van der Waals surface area contributed by atoms with Gasteiger partial charge in [-0.2, -0.15) is 0 Å². The molecule has 0 aliphatic rings. The van der Waals surface area contributed by atoms with E-state index in [4.69, 9.17) is 9.47 Å². The number of nitrogens with zero attached hydrogens (tertiary/aromatic N) is 1. The van der Waals surface area contributed by atoms with Crippen molar-refractivity contribution < 1.29 is 9.47 Å². The van der Waals surface area contributed by atoms with Gasteiger partial charge in [-0.05, 0) is 14.1 Å². The Morgan fingerprint density at radius 1 is 1.33 bits per heavy atom. The molecule has 0 aromatic rings. The molecule has 0 bridgehead atoms. The van der Waals surface area contributed by atoms with Gasteiger partial charge in [0.25, 0.3) is 0 Å². The highest BCUT2D eigenvalue weighted by atomic mass is 16.5. The van der Waals surface area contributed by atoms with Crippen molar-refractivity contribution in [3.63, 3.8) is 0 Å². The minimum absolute atomic E-state index is 0.0236. The SMILES string of the molecule is C=COCC(CN(C)C)OC=C. The molecule has 0 radical (unpaired) electrons. The average Bonchev–Trinajstić information content (AvgIpc) is 2.00. The van der Waals surface area contributed by atoms with Gasteiger partial charge < -0.3 is 14.4 Å². The summed E-state index contributed by atoms with van der Waals surface area (Å²) < 4.78 is 10.2. The first-order valence-electron chi connectivity index (χ1n) is 3.84. The fraction of sp³-hybridized carbons (Fsp3) is 0.556. The summed E-state index contributed by atoms with van der Waals surface area (Å²) in [4.78, 5) is 2.03. The maximum atomic E-state index is 5.20. The Morgan fingerprint density at radius 2 is 2.00 bits per heavy atom. The Labute approximate surface area is 74.3 Å². The first-order valence-corrected chi connectivity index (χ1v) is 3.84. The molecule has 1 unspecified atom stereocenters. The normalized spacial score (nSPS) is 12.2. The smallest absolute Gasteiger partial charge is 0.144 e. The molecular formula is C9H17NO2. The summed E-state index contributed by atoms with van der Waals surface area (Å²) in [6, 6.07) is 0. The molecular weight excluding hydrogens is 154 g/mol. The summed E-state index contributed by atoms with van der Waals surface area (Å²) in [7, 11) is 3.96. The molecule has 0 saturated carbocycles. The largest absolute Gasteiger partial charge is 0.498 e. The van der Waals surface area contributed by atoms with Crippen LogP contribution >= 0.6 is 0 Å². The molecule has 0 saturated heterocycles. The van der Waals surface area contributed by atoms with Crippen LogP contribution in [0.5, 0.6) is 0 Å². The topological polar surface area (TPSA) is 21.7 Å². The van der Waals surface area contributed by atoms with Gasteiger partial charge in [-0.1, -0.05) is 13.2 Å². The van der Waals surface area contributed by atoms with Crippen LogP contribution in [0.4, 0.5) is 0 Å². The van der Waals surface area contributed by atoms with Crippen LogP contribution in [0.15, 0.2) is 25.7 Å². The summed E-state index contributed by atoms with van der Waals surface area (Å²) >= 11 is 0. The number of rotatable bonds is 7. The molecule has 0 aromatic heterocycles. The van der Waals surface area contributed by atoms with Gasteiger partial charge in [0.15, 0.2) is 0 Å². The van der Waals surface area contributed by atoms with Gasteiger partial charge in [0.2, 0.25) is 0 Å². The van der Waals surface area contributed by atoms with Crippen molar-refractivity contribution in [2.45, 2.75) is 6.10 Å². The van der Waals surface area contributed by atoms with E-state index < -0.39 is 0 Å². The van der Waals surface area contributed by atoms with Crippen molar-refractivity contribution in [3.05, 3.63) is 25.7 Å². The van der Waals surface area contributed by atoms with E-state index in [-0.39, 0.29) is 6.10 Å². The Morgan fingerprint density at radius 3 is 2.42 bits per heavy atom. The molecule has 0 aliphatic heterocycles. The molecule has 0 fully saturated rings. The van der Waals surface area contributed by atoms with Crippen LogP contribution < -0.4 is 0 Å². The summed E-state index contributed by atoms with van der Waals surface area (Å²) in [6.45, 7) is 8.26. The van der Waals surface area contributed by atoms with Gasteiger partial charge in [-0.25, -0.2) is 0 Å². The quantitative estimate of drug-likeness (QED) is 0.538. The van der Waals surface area contributed by atoms with E-state index in [9.17, 15) is 0 Å².